The molecule has 15 heavy (non-hydrogen) atoms. The first kappa shape index (κ1) is 8.97. The molecule has 0 spiro atoms. The van der Waals surface area contributed by atoms with Crippen LogP contribution in [0.1, 0.15) is 12.5 Å². The second kappa shape index (κ2) is 3.38. The molecule has 1 atom stereocenters. The molecular formula is C11H11N3S. The molecule has 0 saturated carbocycles. The lowest BCUT2D eigenvalue weighted by Gasteiger charge is -1.95. The number of aliphatic imine (C=N–C) groups is 1. The van der Waals surface area contributed by atoms with Crippen LogP contribution in [-0.4, -0.2) is 26.8 Å². The van der Waals surface area contributed by atoms with Gasteiger partial charge >= 0.3 is 0 Å². The Bertz CT molecular complexity index is 529. The third kappa shape index (κ3) is 1.45. The van der Waals surface area contributed by atoms with Crippen LogP contribution in [0.2, 0.25) is 0 Å². The summed E-state index contributed by atoms with van der Waals surface area (Å²) in [5, 5.41) is 2.31. The van der Waals surface area contributed by atoms with Crippen LogP contribution in [0.25, 0.3) is 10.9 Å². The highest BCUT2D eigenvalue weighted by molar-refractivity contribution is 8.14. The number of aromatic nitrogens is 2. The Morgan fingerprint density at radius 3 is 3.27 bits per heavy atom. The summed E-state index contributed by atoms with van der Waals surface area (Å²) in [6.45, 7) is 2.15. The van der Waals surface area contributed by atoms with E-state index in [9.17, 15) is 0 Å². The van der Waals surface area contributed by atoms with Crippen LogP contribution in [0.15, 0.2) is 29.6 Å². The zero-order valence-corrected chi connectivity index (χ0v) is 9.21. The van der Waals surface area contributed by atoms with Crippen molar-refractivity contribution in [1.29, 1.82) is 0 Å². The van der Waals surface area contributed by atoms with E-state index in [1.807, 2.05) is 30.2 Å². The third-order valence-electron chi connectivity index (χ3n) is 2.51. The molecule has 4 heteroatoms. The Morgan fingerprint density at radius 2 is 2.47 bits per heavy atom. The van der Waals surface area contributed by atoms with Crippen molar-refractivity contribution in [1.82, 2.24) is 9.97 Å². The SMILES string of the molecule is CC1CSC(c2c[nH]c3ccncc23)=N1. The highest BCUT2D eigenvalue weighted by Crippen LogP contribution is 2.27. The zero-order valence-electron chi connectivity index (χ0n) is 8.40. The minimum atomic E-state index is 0.437. The van der Waals surface area contributed by atoms with Gasteiger partial charge in [0.25, 0.3) is 0 Å². The Labute approximate surface area is 92.0 Å². The van der Waals surface area contributed by atoms with E-state index in [4.69, 9.17) is 0 Å². The predicted octanol–water partition coefficient (Wildman–Crippen LogP) is 2.44. The molecule has 3 nitrogen and oxygen atoms in total. The zero-order chi connectivity index (χ0) is 10.3. The normalized spacial score (nSPS) is 20.9. The molecule has 0 amide bonds. The number of nitrogens with zero attached hydrogens (tertiary/aromatic N) is 2. The van der Waals surface area contributed by atoms with Crippen molar-refractivity contribution in [3.8, 4) is 0 Å². The fourth-order valence-electron chi connectivity index (χ4n) is 1.76. The van der Waals surface area contributed by atoms with Crippen molar-refractivity contribution < 1.29 is 0 Å². The maximum atomic E-state index is 4.61. The number of hydrogen-bond acceptors (Lipinski definition) is 3. The molecule has 1 aliphatic rings. The van der Waals surface area contributed by atoms with Crippen LogP contribution in [0, 0.1) is 0 Å². The summed E-state index contributed by atoms with van der Waals surface area (Å²) in [4.78, 5) is 12.0. The summed E-state index contributed by atoms with van der Waals surface area (Å²) >= 11 is 1.83. The van der Waals surface area contributed by atoms with E-state index in [-0.39, 0.29) is 0 Å². The van der Waals surface area contributed by atoms with E-state index < -0.39 is 0 Å². The summed E-state index contributed by atoms with van der Waals surface area (Å²) in [6.07, 6.45) is 5.72. The van der Waals surface area contributed by atoms with E-state index in [0.29, 0.717) is 6.04 Å². The Kier molecular flexibility index (Phi) is 2.02. The molecule has 0 bridgehead atoms. The molecule has 0 radical (unpaired) electrons. The van der Waals surface area contributed by atoms with Crippen molar-refractivity contribution in [2.75, 3.05) is 5.75 Å². The van der Waals surface area contributed by atoms with Gasteiger partial charge in [0.2, 0.25) is 0 Å². The average Bonchev–Trinajstić information content (AvgIpc) is 2.83. The number of pyridine rings is 1. The summed E-state index contributed by atoms with van der Waals surface area (Å²) < 4.78 is 0. The van der Waals surface area contributed by atoms with Gasteiger partial charge in [-0.15, -0.1) is 11.8 Å². The van der Waals surface area contributed by atoms with Crippen LogP contribution < -0.4 is 0 Å². The van der Waals surface area contributed by atoms with Crippen LogP contribution in [0.4, 0.5) is 0 Å². The Morgan fingerprint density at radius 1 is 1.53 bits per heavy atom. The maximum Gasteiger partial charge on any atom is 0.100 e. The third-order valence-corrected chi connectivity index (χ3v) is 3.76. The molecule has 1 unspecified atom stereocenters. The van der Waals surface area contributed by atoms with Gasteiger partial charge in [0.15, 0.2) is 0 Å². The molecule has 1 aliphatic heterocycles. The topological polar surface area (TPSA) is 41.0 Å². The lowest BCUT2D eigenvalue weighted by molar-refractivity contribution is 0.865. The molecule has 0 saturated heterocycles. The van der Waals surface area contributed by atoms with Gasteiger partial charge in [-0.25, -0.2) is 0 Å². The van der Waals surface area contributed by atoms with Crippen LogP contribution in [-0.2, 0) is 0 Å². The molecule has 0 aliphatic carbocycles. The van der Waals surface area contributed by atoms with Crippen molar-refractivity contribution in [3.05, 3.63) is 30.2 Å². The molecule has 0 fully saturated rings. The van der Waals surface area contributed by atoms with E-state index in [2.05, 4.69) is 21.9 Å². The predicted molar refractivity (Wildman–Crippen MR) is 64.6 cm³/mol. The number of fused-ring (bicyclic) bond motifs is 1. The smallest absolute Gasteiger partial charge is 0.100 e. The fourth-order valence-corrected chi connectivity index (χ4v) is 2.81. The van der Waals surface area contributed by atoms with Gasteiger partial charge < -0.3 is 4.98 Å². The van der Waals surface area contributed by atoms with Gasteiger partial charge in [-0.1, -0.05) is 0 Å². The van der Waals surface area contributed by atoms with Gasteiger partial charge in [-0.2, -0.15) is 0 Å². The second-order valence-corrected chi connectivity index (χ2v) is 4.73. The van der Waals surface area contributed by atoms with E-state index in [1.165, 1.54) is 5.56 Å². The fraction of sp³-hybridized carbons (Fsp3) is 0.273. The second-order valence-electron chi connectivity index (χ2n) is 3.72. The molecular weight excluding hydrogens is 206 g/mol. The number of rotatable bonds is 1. The van der Waals surface area contributed by atoms with Gasteiger partial charge in [0.1, 0.15) is 5.04 Å². The van der Waals surface area contributed by atoms with E-state index >= 15 is 0 Å². The van der Waals surface area contributed by atoms with Gasteiger partial charge in [0, 0.05) is 40.8 Å². The van der Waals surface area contributed by atoms with Gasteiger partial charge in [-0.05, 0) is 13.0 Å². The lowest BCUT2D eigenvalue weighted by Crippen LogP contribution is -1.93. The maximum absolute atomic E-state index is 4.61. The Balaban J connectivity index is 2.15. The molecule has 3 heterocycles. The summed E-state index contributed by atoms with van der Waals surface area (Å²) in [5.74, 6) is 1.09. The monoisotopic (exact) mass is 217 g/mol. The Hall–Kier alpha value is -1.29. The van der Waals surface area contributed by atoms with Crippen LogP contribution in [0.5, 0.6) is 0 Å². The summed E-state index contributed by atoms with van der Waals surface area (Å²) in [6, 6.07) is 2.43. The highest BCUT2D eigenvalue weighted by atomic mass is 32.2. The first-order chi connectivity index (χ1) is 7.34. The number of hydrogen-bond donors (Lipinski definition) is 1. The van der Waals surface area contributed by atoms with Crippen molar-refractivity contribution in [3.63, 3.8) is 0 Å². The van der Waals surface area contributed by atoms with Gasteiger partial charge in [-0.3, -0.25) is 9.98 Å². The number of aromatic amines is 1. The number of thioether (sulfide) groups is 1. The molecule has 0 aromatic carbocycles. The number of H-pyrrole nitrogens is 1. The largest absolute Gasteiger partial charge is 0.360 e. The number of nitrogens with one attached hydrogen (secondary N) is 1. The molecule has 2 aromatic rings. The quantitative estimate of drug-likeness (QED) is 0.797. The molecule has 76 valence electrons. The first-order valence-corrected chi connectivity index (χ1v) is 5.95. The van der Waals surface area contributed by atoms with Crippen molar-refractivity contribution >= 4 is 27.7 Å². The van der Waals surface area contributed by atoms with Crippen LogP contribution >= 0.6 is 11.8 Å². The molecule has 3 rings (SSSR count). The molecule has 1 N–H and O–H groups in total. The van der Waals surface area contributed by atoms with E-state index in [0.717, 1.165) is 21.7 Å². The summed E-state index contributed by atoms with van der Waals surface area (Å²) in [7, 11) is 0. The molecule has 2 aromatic heterocycles. The first-order valence-electron chi connectivity index (χ1n) is 4.96. The van der Waals surface area contributed by atoms with Gasteiger partial charge in [0.05, 0.1) is 6.04 Å². The minimum absolute atomic E-state index is 0.437. The standard InChI is InChI=1S/C11H11N3S/c1-7-6-15-11(14-7)9-5-13-10-2-3-12-4-8(9)10/h2-5,7,13H,6H2,1H3. The van der Waals surface area contributed by atoms with Crippen molar-refractivity contribution in [2.24, 2.45) is 4.99 Å². The van der Waals surface area contributed by atoms with Crippen LogP contribution in [0.3, 0.4) is 0 Å². The van der Waals surface area contributed by atoms with E-state index in [1.54, 1.807) is 6.20 Å². The van der Waals surface area contributed by atoms with Crippen molar-refractivity contribution in [2.45, 2.75) is 13.0 Å². The minimum Gasteiger partial charge on any atom is -0.360 e. The lowest BCUT2D eigenvalue weighted by atomic mass is 10.2. The highest BCUT2D eigenvalue weighted by Gasteiger charge is 2.18. The average molecular weight is 217 g/mol. The summed E-state index contributed by atoms with van der Waals surface area (Å²) in [5.41, 5.74) is 2.32.